The highest BCUT2D eigenvalue weighted by Crippen LogP contribution is 2.61. The molecule has 2 atom stereocenters. The summed E-state index contributed by atoms with van der Waals surface area (Å²) in [7, 11) is 0. The second kappa shape index (κ2) is 6.90. The van der Waals surface area contributed by atoms with Gasteiger partial charge in [0.05, 0.1) is 0 Å². The van der Waals surface area contributed by atoms with Gasteiger partial charge in [0.2, 0.25) is 0 Å². The van der Waals surface area contributed by atoms with Crippen LogP contribution in [0.5, 0.6) is 0 Å². The molecule has 0 unspecified atom stereocenters. The Balaban J connectivity index is 1.36. The minimum atomic E-state index is -0.0466. The summed E-state index contributed by atoms with van der Waals surface area (Å²) < 4.78 is 0. The van der Waals surface area contributed by atoms with Crippen LogP contribution in [0, 0.1) is 11.8 Å². The molecule has 0 radical (unpaired) electrons. The van der Waals surface area contributed by atoms with E-state index in [0.717, 1.165) is 43.8 Å². The van der Waals surface area contributed by atoms with Gasteiger partial charge in [-0.2, -0.15) is 5.10 Å². The summed E-state index contributed by atoms with van der Waals surface area (Å²) >= 11 is 1.29. The normalized spacial score (nSPS) is 33.2. The molecule has 4 fully saturated rings. The fourth-order valence-electron chi connectivity index (χ4n) is 6.49. The fourth-order valence-corrected chi connectivity index (χ4v) is 6.81. The number of carbonyl (C=O) groups excluding carboxylic acids is 1. The van der Waals surface area contributed by atoms with Crippen molar-refractivity contribution in [3.63, 3.8) is 0 Å². The molecule has 6 rings (SSSR count). The van der Waals surface area contributed by atoms with E-state index >= 15 is 0 Å². The first-order valence-electron chi connectivity index (χ1n) is 10.4. The van der Waals surface area contributed by atoms with Crippen molar-refractivity contribution in [1.29, 1.82) is 0 Å². The van der Waals surface area contributed by atoms with Crippen LogP contribution in [0.3, 0.4) is 0 Å². The number of carbonyl (C=O) groups is 1. The lowest BCUT2D eigenvalue weighted by molar-refractivity contribution is -0.0371. The molecule has 2 N–H and O–H groups in total. The summed E-state index contributed by atoms with van der Waals surface area (Å²) in [5.41, 5.74) is 1.32. The first-order valence-corrected chi connectivity index (χ1v) is 11.6. The second-order valence-corrected chi connectivity index (χ2v) is 10.0. The van der Waals surface area contributed by atoms with E-state index in [1.807, 2.05) is 6.26 Å². The Bertz CT molecular complexity index is 850. The van der Waals surface area contributed by atoms with Gasteiger partial charge >= 0.3 is 0 Å². The number of hydrogen-bond donors (Lipinski definition) is 2. The quantitative estimate of drug-likeness (QED) is 0.792. The highest BCUT2D eigenvalue weighted by atomic mass is 32.2. The zero-order valence-electron chi connectivity index (χ0n) is 16.4. The molecule has 28 heavy (non-hydrogen) atoms. The molecule has 1 aromatic heterocycles. The Hall–Kier alpha value is -1.82. The van der Waals surface area contributed by atoms with Gasteiger partial charge in [-0.1, -0.05) is 42.1 Å². The van der Waals surface area contributed by atoms with Gasteiger partial charge in [0.1, 0.15) is 5.82 Å². The lowest BCUT2D eigenvalue weighted by atomic mass is 9.46. The first kappa shape index (κ1) is 18.2. The van der Waals surface area contributed by atoms with Crippen LogP contribution in [0.4, 0.5) is 4.79 Å². The molecule has 2 aromatic rings. The number of hydrogen-bond acceptors (Lipinski definition) is 4. The molecule has 4 aliphatic rings. The number of aromatic amines is 1. The van der Waals surface area contributed by atoms with Gasteiger partial charge in [0.25, 0.3) is 5.24 Å². The molecule has 148 valence electrons. The van der Waals surface area contributed by atoms with E-state index in [0.29, 0.717) is 11.8 Å². The zero-order valence-corrected chi connectivity index (χ0v) is 17.2. The van der Waals surface area contributed by atoms with E-state index < -0.39 is 0 Å². The third-order valence-corrected chi connectivity index (χ3v) is 7.59. The van der Waals surface area contributed by atoms with Crippen LogP contribution in [0.15, 0.2) is 30.3 Å². The number of aryl methyl sites for hydroxylation is 2. The van der Waals surface area contributed by atoms with E-state index in [-0.39, 0.29) is 16.2 Å². The molecule has 4 aliphatic carbocycles. The topological polar surface area (TPSA) is 70.7 Å². The Labute approximate surface area is 170 Å². The van der Waals surface area contributed by atoms with Crippen molar-refractivity contribution in [1.82, 2.24) is 20.5 Å². The molecule has 4 saturated carbocycles. The largest absolute Gasteiger partial charge is 0.341 e. The molecule has 1 amide bonds. The molecule has 4 bridgehead atoms. The summed E-state index contributed by atoms with van der Waals surface area (Å²) in [6, 6.07) is 10.5. The number of nitrogens with zero attached hydrogens (tertiary/aromatic N) is 2. The molecular weight excluding hydrogens is 368 g/mol. The summed E-state index contributed by atoms with van der Waals surface area (Å²) in [4.78, 5) is 17.1. The summed E-state index contributed by atoms with van der Waals surface area (Å²) in [5, 5.41) is 11.4. The molecule has 0 aliphatic heterocycles. The number of aromatic nitrogens is 3. The lowest BCUT2D eigenvalue weighted by Gasteiger charge is -2.61. The van der Waals surface area contributed by atoms with Crippen LogP contribution in [-0.2, 0) is 18.3 Å². The highest BCUT2D eigenvalue weighted by molar-refractivity contribution is 8.12. The third kappa shape index (κ3) is 3.25. The van der Waals surface area contributed by atoms with Crippen molar-refractivity contribution in [2.24, 2.45) is 11.8 Å². The van der Waals surface area contributed by atoms with E-state index in [1.165, 1.54) is 36.6 Å². The summed E-state index contributed by atoms with van der Waals surface area (Å²) in [5.74, 6) is 3.36. The van der Waals surface area contributed by atoms with Gasteiger partial charge in [-0.05, 0) is 68.6 Å². The van der Waals surface area contributed by atoms with Gasteiger partial charge in [0.15, 0.2) is 5.82 Å². The van der Waals surface area contributed by atoms with Crippen LogP contribution in [0.25, 0.3) is 0 Å². The Kier molecular flexibility index (Phi) is 4.49. The van der Waals surface area contributed by atoms with E-state index in [9.17, 15) is 4.79 Å². The van der Waals surface area contributed by atoms with Crippen molar-refractivity contribution in [3.8, 4) is 0 Å². The average molecular weight is 397 g/mol. The maximum atomic E-state index is 12.2. The standard InChI is InChI=1S/C22H28N4OS/c1-28-20(27)24-22-12-16-9-17(13-22)11-21(10-16,14-22)19-23-18(25-26-19)8-7-15-5-3-2-4-6-15/h2-6,16-17H,7-14H2,1H3,(H,24,27)(H,23,25,26)/t16-,17-,21?,22?/m0/s1. The van der Waals surface area contributed by atoms with Gasteiger partial charge in [0, 0.05) is 17.4 Å². The molecule has 1 aromatic carbocycles. The Morgan fingerprint density at radius 1 is 1.18 bits per heavy atom. The van der Waals surface area contributed by atoms with E-state index in [2.05, 4.69) is 40.7 Å². The lowest BCUT2D eigenvalue weighted by Crippen LogP contribution is -2.64. The van der Waals surface area contributed by atoms with Gasteiger partial charge in [-0.25, -0.2) is 4.98 Å². The van der Waals surface area contributed by atoms with Crippen LogP contribution >= 0.6 is 11.8 Å². The number of rotatable bonds is 5. The van der Waals surface area contributed by atoms with E-state index in [4.69, 9.17) is 10.1 Å². The first-order chi connectivity index (χ1) is 13.6. The molecule has 0 saturated heterocycles. The number of H-pyrrole nitrogens is 1. The Morgan fingerprint density at radius 3 is 2.64 bits per heavy atom. The smallest absolute Gasteiger partial charge is 0.279 e. The predicted molar refractivity (Wildman–Crippen MR) is 111 cm³/mol. The second-order valence-electron chi connectivity index (χ2n) is 9.23. The van der Waals surface area contributed by atoms with Gasteiger partial charge in [-0.15, -0.1) is 0 Å². The van der Waals surface area contributed by atoms with Crippen molar-refractivity contribution >= 4 is 17.0 Å². The van der Waals surface area contributed by atoms with E-state index in [1.54, 1.807) is 0 Å². The van der Waals surface area contributed by atoms with Crippen LogP contribution in [0.1, 0.15) is 55.7 Å². The number of thioether (sulfide) groups is 1. The third-order valence-electron chi connectivity index (χ3n) is 7.11. The van der Waals surface area contributed by atoms with Crippen molar-refractivity contribution in [2.45, 2.75) is 62.3 Å². The number of benzene rings is 1. The van der Waals surface area contributed by atoms with Gasteiger partial charge in [-0.3, -0.25) is 9.89 Å². The monoisotopic (exact) mass is 396 g/mol. The van der Waals surface area contributed by atoms with Crippen molar-refractivity contribution in [2.75, 3.05) is 6.26 Å². The van der Waals surface area contributed by atoms with Crippen molar-refractivity contribution < 1.29 is 4.79 Å². The molecule has 0 spiro atoms. The van der Waals surface area contributed by atoms with Crippen LogP contribution in [-0.4, -0.2) is 32.2 Å². The van der Waals surface area contributed by atoms with Crippen LogP contribution in [0.2, 0.25) is 0 Å². The summed E-state index contributed by atoms with van der Waals surface area (Å²) in [6.07, 6.45) is 10.6. The average Bonchev–Trinajstić information content (AvgIpc) is 3.16. The maximum absolute atomic E-state index is 12.2. The summed E-state index contributed by atoms with van der Waals surface area (Å²) in [6.45, 7) is 0. The number of amides is 1. The number of nitrogens with one attached hydrogen (secondary N) is 2. The molecular formula is C22H28N4OS. The van der Waals surface area contributed by atoms with Gasteiger partial charge < -0.3 is 5.32 Å². The van der Waals surface area contributed by atoms with Crippen molar-refractivity contribution in [3.05, 3.63) is 47.5 Å². The highest BCUT2D eigenvalue weighted by Gasteiger charge is 2.60. The molecule has 1 heterocycles. The maximum Gasteiger partial charge on any atom is 0.279 e. The minimum Gasteiger partial charge on any atom is -0.341 e. The molecule has 6 heteroatoms. The predicted octanol–water partition coefficient (Wildman–Crippen LogP) is 4.25. The minimum absolute atomic E-state index is 0.0390. The zero-order chi connectivity index (χ0) is 19.2. The van der Waals surface area contributed by atoms with Crippen LogP contribution < -0.4 is 5.32 Å². The Morgan fingerprint density at radius 2 is 1.93 bits per heavy atom. The molecule has 5 nitrogen and oxygen atoms in total. The SMILES string of the molecule is CSC(=O)NC12C[C@H]3C[C@H](C1)CC(c1n[nH]c(CCc4ccccc4)n1)(C3)C2. The fraction of sp³-hybridized carbons (Fsp3) is 0.591.